The van der Waals surface area contributed by atoms with Gasteiger partial charge in [0.1, 0.15) is 0 Å². The van der Waals surface area contributed by atoms with Crippen molar-refractivity contribution < 1.29 is 0 Å². The molecule has 3 aromatic rings. The summed E-state index contributed by atoms with van der Waals surface area (Å²) < 4.78 is 0. The van der Waals surface area contributed by atoms with Gasteiger partial charge >= 0.3 is 0 Å². The van der Waals surface area contributed by atoms with Crippen LogP contribution in [0.5, 0.6) is 0 Å². The van der Waals surface area contributed by atoms with E-state index in [2.05, 4.69) is 27.0 Å². The second kappa shape index (κ2) is 6.57. The minimum Gasteiger partial charge on any atom is -0.325 e. The lowest BCUT2D eigenvalue weighted by molar-refractivity contribution is 0.201. The Morgan fingerprint density at radius 3 is 2.67 bits per heavy atom. The molecule has 0 radical (unpaired) electrons. The van der Waals surface area contributed by atoms with Gasteiger partial charge in [0, 0.05) is 29.7 Å². The predicted molar refractivity (Wildman–Crippen MR) is 96.1 cm³/mol. The third-order valence-corrected chi connectivity index (χ3v) is 4.91. The van der Waals surface area contributed by atoms with Crippen LogP contribution in [0, 0.1) is 0 Å². The Morgan fingerprint density at radius 1 is 1.08 bits per heavy atom. The van der Waals surface area contributed by atoms with E-state index in [9.17, 15) is 4.79 Å². The van der Waals surface area contributed by atoms with Crippen molar-refractivity contribution in [3.05, 3.63) is 76.5 Å². The highest BCUT2D eigenvalue weighted by Gasteiger charge is 2.22. The lowest BCUT2D eigenvalue weighted by Gasteiger charge is -2.31. The summed E-state index contributed by atoms with van der Waals surface area (Å²) in [5, 5.41) is 1.81. The lowest BCUT2D eigenvalue weighted by Crippen LogP contribution is -2.33. The molecular weight excluding hydrogens is 298 g/mol. The number of aromatic amines is 1. The normalized spacial score (nSPS) is 16.5. The molecule has 1 N–H and O–H groups in total. The molecule has 0 spiro atoms. The van der Waals surface area contributed by atoms with Gasteiger partial charge in [-0.3, -0.25) is 14.7 Å². The predicted octanol–water partition coefficient (Wildman–Crippen LogP) is 3.30. The molecule has 4 nitrogen and oxygen atoms in total. The van der Waals surface area contributed by atoms with Gasteiger partial charge in [-0.1, -0.05) is 24.3 Å². The fourth-order valence-electron chi connectivity index (χ4n) is 3.57. The number of nitrogens with one attached hydrogen (secondary N) is 1. The van der Waals surface area contributed by atoms with E-state index < -0.39 is 0 Å². The van der Waals surface area contributed by atoms with E-state index in [-0.39, 0.29) is 5.56 Å². The third-order valence-electron chi connectivity index (χ3n) is 4.91. The lowest BCUT2D eigenvalue weighted by atomic mass is 9.92. The highest BCUT2D eigenvalue weighted by Crippen LogP contribution is 2.28. The minimum absolute atomic E-state index is 0.0269. The molecule has 0 atom stereocenters. The molecular formula is C20H21N3O. The van der Waals surface area contributed by atoms with Crippen molar-refractivity contribution in [2.45, 2.75) is 25.3 Å². The first kappa shape index (κ1) is 15.1. The topological polar surface area (TPSA) is 49.0 Å². The van der Waals surface area contributed by atoms with E-state index in [1.54, 1.807) is 0 Å². The molecule has 4 heteroatoms. The smallest absolute Gasteiger partial charge is 0.256 e. The summed E-state index contributed by atoms with van der Waals surface area (Å²) in [4.78, 5) is 22.2. The Balaban J connectivity index is 1.47. The van der Waals surface area contributed by atoms with Crippen LogP contribution in [-0.2, 0) is 6.54 Å². The first-order valence-electron chi connectivity index (χ1n) is 8.54. The van der Waals surface area contributed by atoms with Gasteiger partial charge < -0.3 is 4.98 Å². The Kier molecular flexibility index (Phi) is 4.13. The summed E-state index contributed by atoms with van der Waals surface area (Å²) in [7, 11) is 0. The number of piperidine rings is 1. The van der Waals surface area contributed by atoms with Gasteiger partial charge in [-0.15, -0.1) is 0 Å². The van der Waals surface area contributed by atoms with Crippen LogP contribution in [0.3, 0.4) is 0 Å². The number of hydrogen-bond acceptors (Lipinski definition) is 3. The number of fused-ring (bicyclic) bond motifs is 1. The van der Waals surface area contributed by atoms with Crippen molar-refractivity contribution in [1.82, 2.24) is 14.9 Å². The summed E-state index contributed by atoms with van der Waals surface area (Å²) in [5.41, 5.74) is 2.23. The zero-order valence-corrected chi connectivity index (χ0v) is 13.6. The first-order valence-corrected chi connectivity index (χ1v) is 8.54. The molecule has 1 fully saturated rings. The number of hydrogen-bond donors (Lipinski definition) is 1. The van der Waals surface area contributed by atoms with Crippen molar-refractivity contribution >= 4 is 10.8 Å². The van der Waals surface area contributed by atoms with E-state index in [0.29, 0.717) is 5.92 Å². The van der Waals surface area contributed by atoms with Crippen LogP contribution in [0.15, 0.2) is 59.5 Å². The molecule has 2 aromatic heterocycles. The second-order valence-corrected chi connectivity index (χ2v) is 6.51. The van der Waals surface area contributed by atoms with Crippen molar-refractivity contribution in [3.63, 3.8) is 0 Å². The fraction of sp³-hybridized carbons (Fsp3) is 0.300. The molecule has 122 valence electrons. The van der Waals surface area contributed by atoms with E-state index >= 15 is 0 Å². The highest BCUT2D eigenvalue weighted by atomic mass is 16.1. The third kappa shape index (κ3) is 3.10. The van der Waals surface area contributed by atoms with Crippen LogP contribution < -0.4 is 5.56 Å². The number of pyridine rings is 2. The quantitative estimate of drug-likeness (QED) is 0.806. The number of benzene rings is 1. The van der Waals surface area contributed by atoms with Gasteiger partial charge in [-0.05, 0) is 55.6 Å². The van der Waals surface area contributed by atoms with Gasteiger partial charge in [0.2, 0.25) is 0 Å². The molecule has 0 aliphatic carbocycles. The standard InChI is InChI=1S/C20H21N3O/c24-20-18-7-2-1-5-16(18)13-19(22-20)15-8-11-23(12-9-15)14-17-6-3-4-10-21-17/h1-7,10,13,15H,8-9,11-12,14H2,(H,22,24). The van der Waals surface area contributed by atoms with Gasteiger partial charge in [0.05, 0.1) is 5.69 Å². The van der Waals surface area contributed by atoms with Crippen LogP contribution in [0.2, 0.25) is 0 Å². The molecule has 1 aliphatic rings. The van der Waals surface area contributed by atoms with E-state index in [4.69, 9.17) is 0 Å². The van der Waals surface area contributed by atoms with Crippen molar-refractivity contribution in [2.24, 2.45) is 0 Å². The molecule has 3 heterocycles. The maximum absolute atomic E-state index is 12.3. The number of rotatable bonds is 3. The molecule has 0 bridgehead atoms. The highest BCUT2D eigenvalue weighted by molar-refractivity contribution is 5.81. The van der Waals surface area contributed by atoms with Gasteiger partial charge in [-0.25, -0.2) is 0 Å². The monoisotopic (exact) mass is 319 g/mol. The van der Waals surface area contributed by atoms with Crippen LogP contribution >= 0.6 is 0 Å². The summed E-state index contributed by atoms with van der Waals surface area (Å²) in [6.45, 7) is 2.98. The molecule has 0 saturated carbocycles. The van der Waals surface area contributed by atoms with E-state index in [1.165, 1.54) is 0 Å². The Bertz CT molecular complexity index is 880. The zero-order valence-electron chi connectivity index (χ0n) is 13.6. The largest absolute Gasteiger partial charge is 0.325 e. The number of aromatic nitrogens is 2. The van der Waals surface area contributed by atoms with Crippen molar-refractivity contribution in [1.29, 1.82) is 0 Å². The summed E-state index contributed by atoms with van der Waals surface area (Å²) >= 11 is 0. The van der Waals surface area contributed by atoms with Crippen LogP contribution in [0.1, 0.15) is 30.1 Å². The van der Waals surface area contributed by atoms with Gasteiger partial charge in [0.15, 0.2) is 0 Å². The maximum Gasteiger partial charge on any atom is 0.256 e. The fourth-order valence-corrected chi connectivity index (χ4v) is 3.57. The van der Waals surface area contributed by atoms with E-state index in [1.807, 2.05) is 42.6 Å². The Labute approximate surface area is 141 Å². The SMILES string of the molecule is O=c1[nH]c(C2CCN(Cc3ccccn3)CC2)cc2ccccc12. The average molecular weight is 319 g/mol. The molecule has 0 amide bonds. The first-order chi connectivity index (χ1) is 11.8. The summed E-state index contributed by atoms with van der Waals surface area (Å²) in [6, 6.07) is 16.0. The zero-order chi connectivity index (χ0) is 16.4. The molecule has 4 rings (SSSR count). The van der Waals surface area contributed by atoms with Gasteiger partial charge in [-0.2, -0.15) is 0 Å². The van der Waals surface area contributed by atoms with Crippen LogP contribution in [0.25, 0.3) is 10.8 Å². The summed E-state index contributed by atoms with van der Waals surface area (Å²) in [6.07, 6.45) is 3.99. The Morgan fingerprint density at radius 2 is 1.88 bits per heavy atom. The number of H-pyrrole nitrogens is 1. The van der Waals surface area contributed by atoms with E-state index in [0.717, 1.165) is 54.6 Å². The van der Waals surface area contributed by atoms with Gasteiger partial charge in [0.25, 0.3) is 5.56 Å². The molecule has 1 saturated heterocycles. The van der Waals surface area contributed by atoms with Crippen LogP contribution in [0.4, 0.5) is 0 Å². The van der Waals surface area contributed by atoms with Crippen LogP contribution in [-0.4, -0.2) is 28.0 Å². The average Bonchev–Trinajstić information content (AvgIpc) is 2.63. The Hall–Kier alpha value is -2.46. The number of likely N-dealkylation sites (tertiary alicyclic amines) is 1. The minimum atomic E-state index is 0.0269. The second-order valence-electron chi connectivity index (χ2n) is 6.51. The molecule has 1 aromatic carbocycles. The number of nitrogens with zero attached hydrogens (tertiary/aromatic N) is 2. The molecule has 0 unspecified atom stereocenters. The van der Waals surface area contributed by atoms with Crippen molar-refractivity contribution in [2.75, 3.05) is 13.1 Å². The molecule has 24 heavy (non-hydrogen) atoms. The summed E-state index contributed by atoms with van der Waals surface area (Å²) in [5.74, 6) is 0.433. The molecule has 1 aliphatic heterocycles. The van der Waals surface area contributed by atoms with Crippen molar-refractivity contribution in [3.8, 4) is 0 Å². The maximum atomic E-state index is 12.3.